The molecule has 2 rings (SSSR count). The molecule has 1 atom stereocenters. The van der Waals surface area contributed by atoms with Crippen molar-refractivity contribution in [2.75, 3.05) is 18.1 Å². The summed E-state index contributed by atoms with van der Waals surface area (Å²) in [6.07, 6.45) is 5.14. The van der Waals surface area contributed by atoms with Crippen LogP contribution in [0.3, 0.4) is 0 Å². The number of hydrogen-bond acceptors (Lipinski definition) is 3. The molecule has 0 fully saturated rings. The molecule has 0 unspecified atom stereocenters. The van der Waals surface area contributed by atoms with Crippen LogP contribution < -0.4 is 5.32 Å². The third-order valence-corrected chi connectivity index (χ3v) is 4.00. The van der Waals surface area contributed by atoms with Crippen molar-refractivity contribution in [3.05, 3.63) is 36.3 Å². The standard InChI is InChI=1S/C14H21N3S/c1-3-18-11-12(2)15-8-7-13-10-17-9-5-4-6-14(17)16-13/h4-6,9-10,12,15H,3,7-8,11H2,1-2H3/t12-/m0/s1. The molecule has 1 N–H and O–H groups in total. The number of nitrogens with one attached hydrogen (secondary N) is 1. The van der Waals surface area contributed by atoms with E-state index in [9.17, 15) is 0 Å². The molecule has 0 radical (unpaired) electrons. The van der Waals surface area contributed by atoms with Crippen LogP contribution in [0.25, 0.3) is 5.65 Å². The number of rotatable bonds is 7. The first-order valence-electron chi connectivity index (χ1n) is 6.53. The van der Waals surface area contributed by atoms with E-state index in [1.807, 2.05) is 36.2 Å². The molecule has 0 bridgehead atoms. The summed E-state index contributed by atoms with van der Waals surface area (Å²) in [5, 5.41) is 3.54. The van der Waals surface area contributed by atoms with Crippen LogP contribution in [0.5, 0.6) is 0 Å². The lowest BCUT2D eigenvalue weighted by Crippen LogP contribution is -2.30. The van der Waals surface area contributed by atoms with Gasteiger partial charge in [-0.15, -0.1) is 0 Å². The molecule has 18 heavy (non-hydrogen) atoms. The van der Waals surface area contributed by atoms with Crippen LogP contribution in [0.15, 0.2) is 30.6 Å². The number of hydrogen-bond donors (Lipinski definition) is 1. The molecule has 2 heterocycles. The smallest absolute Gasteiger partial charge is 0.136 e. The molecule has 3 nitrogen and oxygen atoms in total. The first kappa shape index (κ1) is 13.4. The Morgan fingerprint density at radius 2 is 2.33 bits per heavy atom. The second-order valence-electron chi connectivity index (χ2n) is 4.46. The predicted molar refractivity (Wildman–Crippen MR) is 79.4 cm³/mol. The number of aromatic nitrogens is 2. The minimum atomic E-state index is 0.576. The maximum Gasteiger partial charge on any atom is 0.136 e. The molecule has 2 aromatic rings. The summed E-state index contributed by atoms with van der Waals surface area (Å²) in [6.45, 7) is 5.44. The van der Waals surface area contributed by atoms with Gasteiger partial charge in [-0.05, 0) is 24.8 Å². The lowest BCUT2D eigenvalue weighted by Gasteiger charge is -2.11. The van der Waals surface area contributed by atoms with Gasteiger partial charge in [0.2, 0.25) is 0 Å². The molecule has 0 aliphatic rings. The zero-order valence-electron chi connectivity index (χ0n) is 11.1. The number of imidazole rings is 1. The van der Waals surface area contributed by atoms with E-state index < -0.39 is 0 Å². The molecule has 2 aromatic heterocycles. The van der Waals surface area contributed by atoms with Crippen molar-refractivity contribution in [2.45, 2.75) is 26.3 Å². The zero-order chi connectivity index (χ0) is 12.8. The normalized spacial score (nSPS) is 13.0. The highest BCUT2D eigenvalue weighted by molar-refractivity contribution is 7.99. The summed E-state index contributed by atoms with van der Waals surface area (Å²) in [5.41, 5.74) is 2.19. The molecular formula is C14H21N3S. The fraction of sp³-hybridized carbons (Fsp3) is 0.500. The van der Waals surface area contributed by atoms with Crippen LogP contribution in [-0.2, 0) is 6.42 Å². The Labute approximate surface area is 113 Å². The van der Waals surface area contributed by atoms with Gasteiger partial charge in [0.15, 0.2) is 0 Å². The third kappa shape index (κ3) is 3.75. The Morgan fingerprint density at radius 1 is 1.44 bits per heavy atom. The van der Waals surface area contributed by atoms with Gasteiger partial charge in [0, 0.05) is 37.2 Å². The van der Waals surface area contributed by atoms with Crippen LogP contribution >= 0.6 is 11.8 Å². The van der Waals surface area contributed by atoms with E-state index in [-0.39, 0.29) is 0 Å². The minimum Gasteiger partial charge on any atom is -0.313 e. The van der Waals surface area contributed by atoms with Gasteiger partial charge in [-0.2, -0.15) is 11.8 Å². The summed E-state index contributed by atoms with van der Waals surface area (Å²) in [6, 6.07) is 6.67. The molecule has 0 aliphatic heterocycles. The molecule has 0 spiro atoms. The SMILES string of the molecule is CCSC[C@H](C)NCCc1cn2ccccc2n1. The summed E-state index contributed by atoms with van der Waals surface area (Å²) in [4.78, 5) is 4.59. The highest BCUT2D eigenvalue weighted by Gasteiger charge is 2.03. The molecule has 98 valence electrons. The van der Waals surface area contributed by atoms with Gasteiger partial charge in [-0.1, -0.05) is 13.0 Å². The van der Waals surface area contributed by atoms with Gasteiger partial charge >= 0.3 is 0 Å². The zero-order valence-corrected chi connectivity index (χ0v) is 11.9. The number of fused-ring (bicyclic) bond motifs is 1. The fourth-order valence-electron chi connectivity index (χ4n) is 1.91. The lowest BCUT2D eigenvalue weighted by atomic mass is 10.3. The highest BCUT2D eigenvalue weighted by atomic mass is 32.2. The summed E-state index contributed by atoms with van der Waals surface area (Å²) < 4.78 is 2.08. The molecule has 0 saturated carbocycles. The van der Waals surface area contributed by atoms with Crippen LogP contribution in [0.1, 0.15) is 19.5 Å². The number of nitrogens with zero attached hydrogens (tertiary/aromatic N) is 2. The number of thioether (sulfide) groups is 1. The van der Waals surface area contributed by atoms with E-state index in [0.717, 1.165) is 24.3 Å². The Balaban J connectivity index is 1.79. The van der Waals surface area contributed by atoms with Crippen molar-refractivity contribution < 1.29 is 0 Å². The van der Waals surface area contributed by atoms with Crippen LogP contribution in [-0.4, -0.2) is 33.5 Å². The second kappa shape index (κ2) is 6.81. The maximum atomic E-state index is 4.59. The Hall–Kier alpha value is -1.00. The van der Waals surface area contributed by atoms with Crippen LogP contribution in [0.4, 0.5) is 0 Å². The second-order valence-corrected chi connectivity index (χ2v) is 5.78. The average molecular weight is 263 g/mol. The molecular weight excluding hydrogens is 242 g/mol. The fourth-order valence-corrected chi connectivity index (χ4v) is 2.61. The van der Waals surface area contributed by atoms with Crippen LogP contribution in [0, 0.1) is 0 Å². The van der Waals surface area contributed by atoms with Crippen molar-refractivity contribution in [3.63, 3.8) is 0 Å². The van der Waals surface area contributed by atoms with Crippen LogP contribution in [0.2, 0.25) is 0 Å². The summed E-state index contributed by atoms with van der Waals surface area (Å²) in [7, 11) is 0. The van der Waals surface area contributed by atoms with E-state index in [4.69, 9.17) is 0 Å². The Bertz CT molecular complexity index is 448. The first-order valence-corrected chi connectivity index (χ1v) is 7.69. The monoisotopic (exact) mass is 263 g/mol. The van der Waals surface area contributed by atoms with E-state index in [2.05, 4.69) is 34.7 Å². The van der Waals surface area contributed by atoms with E-state index in [0.29, 0.717) is 6.04 Å². The summed E-state index contributed by atoms with van der Waals surface area (Å²) in [5.74, 6) is 2.38. The minimum absolute atomic E-state index is 0.576. The van der Waals surface area contributed by atoms with Gasteiger partial charge in [-0.3, -0.25) is 0 Å². The maximum absolute atomic E-state index is 4.59. The summed E-state index contributed by atoms with van der Waals surface area (Å²) >= 11 is 1.98. The lowest BCUT2D eigenvalue weighted by molar-refractivity contribution is 0.594. The van der Waals surface area contributed by atoms with Crippen molar-refractivity contribution >= 4 is 17.4 Å². The average Bonchev–Trinajstić information content (AvgIpc) is 2.79. The Kier molecular flexibility index (Phi) is 5.08. The molecule has 0 aliphatic carbocycles. The van der Waals surface area contributed by atoms with Crippen molar-refractivity contribution in [2.24, 2.45) is 0 Å². The van der Waals surface area contributed by atoms with E-state index in [1.54, 1.807) is 0 Å². The van der Waals surface area contributed by atoms with Gasteiger partial charge in [0.25, 0.3) is 0 Å². The number of pyridine rings is 1. The van der Waals surface area contributed by atoms with Crippen molar-refractivity contribution in [3.8, 4) is 0 Å². The quantitative estimate of drug-likeness (QED) is 0.832. The van der Waals surface area contributed by atoms with Gasteiger partial charge in [0.1, 0.15) is 5.65 Å². The van der Waals surface area contributed by atoms with Gasteiger partial charge < -0.3 is 9.72 Å². The topological polar surface area (TPSA) is 29.3 Å². The molecule has 0 amide bonds. The van der Waals surface area contributed by atoms with Gasteiger partial charge in [-0.25, -0.2) is 4.98 Å². The molecule has 0 aromatic carbocycles. The molecule has 4 heteroatoms. The van der Waals surface area contributed by atoms with E-state index in [1.165, 1.54) is 11.5 Å². The highest BCUT2D eigenvalue weighted by Crippen LogP contribution is 2.05. The Morgan fingerprint density at radius 3 is 3.11 bits per heavy atom. The first-order chi connectivity index (χ1) is 8.79. The van der Waals surface area contributed by atoms with Crippen molar-refractivity contribution in [1.82, 2.24) is 14.7 Å². The predicted octanol–water partition coefficient (Wildman–Crippen LogP) is 2.61. The van der Waals surface area contributed by atoms with Crippen molar-refractivity contribution in [1.29, 1.82) is 0 Å². The van der Waals surface area contributed by atoms with Gasteiger partial charge in [0.05, 0.1) is 5.69 Å². The largest absolute Gasteiger partial charge is 0.313 e. The third-order valence-electron chi connectivity index (χ3n) is 2.86. The molecule has 0 saturated heterocycles. The van der Waals surface area contributed by atoms with E-state index >= 15 is 0 Å².